The van der Waals surface area contributed by atoms with Crippen LogP contribution in [0.15, 0.2) is 121 Å². The van der Waals surface area contributed by atoms with Gasteiger partial charge in [-0.05, 0) is 91.5 Å². The number of carbonyl (C=O) groups excluding carboxylic acids is 1. The first-order chi connectivity index (χ1) is 27.1. The van der Waals surface area contributed by atoms with Crippen LogP contribution in [0.2, 0.25) is 5.02 Å². The molecule has 0 atom stereocenters. The molecule has 0 unspecified atom stereocenters. The number of hydrogen-bond acceptors (Lipinski definition) is 9. The van der Waals surface area contributed by atoms with Gasteiger partial charge >= 0.3 is 0 Å². The number of fused-ring (bicyclic) bond motifs is 2. The van der Waals surface area contributed by atoms with E-state index in [1.165, 1.54) is 24.6 Å². The van der Waals surface area contributed by atoms with Gasteiger partial charge in [0, 0.05) is 23.0 Å². The summed E-state index contributed by atoms with van der Waals surface area (Å²) in [6.07, 6.45) is 5.36. The third-order valence-electron chi connectivity index (χ3n) is 9.36. The molecule has 0 spiro atoms. The molecule has 0 bridgehead atoms. The number of aldehydes is 1. The average molecular weight is 753 g/mol. The molecule has 0 saturated carbocycles. The molecule has 11 heteroatoms. The summed E-state index contributed by atoms with van der Waals surface area (Å²) in [7, 11) is 1.50. The van der Waals surface area contributed by atoms with Gasteiger partial charge in [-0.3, -0.25) is 9.36 Å². The second-order valence-corrected chi connectivity index (χ2v) is 13.2. The van der Waals surface area contributed by atoms with Gasteiger partial charge < -0.3 is 25.7 Å². The molecule has 4 N–H and O–H groups in total. The fourth-order valence-corrected chi connectivity index (χ4v) is 6.92. The first-order valence-corrected chi connectivity index (χ1v) is 18.5. The number of nitrogens with zero attached hydrogens (tertiary/aromatic N) is 4. The van der Waals surface area contributed by atoms with E-state index in [2.05, 4.69) is 45.6 Å². The molecule has 1 saturated heterocycles. The third kappa shape index (κ3) is 8.28. The zero-order chi connectivity index (χ0) is 38.1. The van der Waals surface area contributed by atoms with E-state index in [4.69, 9.17) is 41.5 Å². The third-order valence-corrected chi connectivity index (χ3v) is 9.69. The Morgan fingerprint density at radius 3 is 2.35 bits per heavy atom. The van der Waals surface area contributed by atoms with Crippen LogP contribution in [-0.4, -0.2) is 46.1 Å². The Balaban J connectivity index is 0.000000171. The topological polar surface area (TPSA) is 140 Å². The van der Waals surface area contributed by atoms with Crippen molar-refractivity contribution in [1.82, 2.24) is 19.5 Å². The van der Waals surface area contributed by atoms with E-state index in [0.717, 1.165) is 57.9 Å². The Labute approximate surface area is 324 Å². The Kier molecular flexibility index (Phi) is 11.9. The van der Waals surface area contributed by atoms with Crippen LogP contribution in [0.1, 0.15) is 45.3 Å². The van der Waals surface area contributed by atoms with E-state index >= 15 is 0 Å². The van der Waals surface area contributed by atoms with E-state index < -0.39 is 6.29 Å². The molecule has 2 aliphatic rings. The Morgan fingerprint density at radius 2 is 1.60 bits per heavy atom. The quantitative estimate of drug-likeness (QED) is 0.146. The number of aromatic nitrogens is 4. The minimum absolute atomic E-state index is 0.347. The second kappa shape index (κ2) is 17.5. The number of anilines is 1. The van der Waals surface area contributed by atoms with Gasteiger partial charge in [-0.2, -0.15) is 0 Å². The summed E-state index contributed by atoms with van der Waals surface area (Å²) in [6.45, 7) is 1.43. The fourth-order valence-electron chi connectivity index (χ4n) is 6.72. The lowest BCUT2D eigenvalue weighted by Gasteiger charge is -2.17. The maximum absolute atomic E-state index is 11.1. The molecule has 4 heterocycles. The number of nitrogens with two attached hydrogens (primary N) is 2. The van der Waals surface area contributed by atoms with Gasteiger partial charge in [0.1, 0.15) is 23.7 Å². The summed E-state index contributed by atoms with van der Waals surface area (Å²) in [5, 5.41) is 0.347. The molecule has 55 heavy (non-hydrogen) atoms. The number of hydrogen-bond donors (Lipinski definition) is 2. The molecule has 1 aliphatic heterocycles. The molecule has 4 aromatic carbocycles. The summed E-state index contributed by atoms with van der Waals surface area (Å²) < 4.78 is 19.0. The normalized spacial score (nSPS) is 13.4. The minimum atomic E-state index is -0.526. The minimum Gasteiger partial charge on any atom is -0.488 e. The van der Waals surface area contributed by atoms with Crippen molar-refractivity contribution < 1.29 is 19.0 Å². The van der Waals surface area contributed by atoms with E-state index in [1.54, 1.807) is 18.3 Å². The van der Waals surface area contributed by atoms with Crippen molar-refractivity contribution in [2.45, 2.75) is 32.2 Å². The van der Waals surface area contributed by atoms with Gasteiger partial charge in [-0.15, -0.1) is 0 Å². The van der Waals surface area contributed by atoms with Gasteiger partial charge in [0.25, 0.3) is 0 Å². The number of aryl methyl sites for hydroxylation is 2. The number of nitrogen functional groups attached to an aromatic ring is 1. The maximum atomic E-state index is 11.1. The zero-order valence-corrected chi connectivity index (χ0v) is 31.2. The lowest BCUT2D eigenvalue weighted by atomic mass is 10.1. The highest BCUT2D eigenvalue weighted by Gasteiger charge is 2.24. The molecule has 3 aromatic heterocycles. The van der Waals surface area contributed by atoms with E-state index in [1.807, 2.05) is 72.8 Å². The number of halogens is 1. The summed E-state index contributed by atoms with van der Waals surface area (Å²) in [5.41, 5.74) is 21.2. The standard InChI is InChI=1S/C26H21N5.C17H15ClO4.CH5N/c27-24-21(10-5-15-28-24)25-30-23-14-13-22(18-6-2-1-3-7-18)29-26(23)31(25)20-12-11-17-8-4-9-19(17)16-20;18-15-9-16(22-11-12-4-2-1-3-5-12)14(8-13(15)10-19)17-20-6-7-21-17;1-2/h1-3,5-7,10-16H,4,8-9H2,(H2,27,28);1-5,8-10,17H,6-7,11H2;2H2,1H3. The number of rotatable bonds is 8. The van der Waals surface area contributed by atoms with Crippen LogP contribution in [0.3, 0.4) is 0 Å². The van der Waals surface area contributed by atoms with Crippen LogP contribution in [0.4, 0.5) is 5.82 Å². The average Bonchev–Trinajstić information content (AvgIpc) is 4.02. The number of benzene rings is 4. The van der Waals surface area contributed by atoms with E-state index in [0.29, 0.717) is 53.8 Å². The molecule has 0 amide bonds. The Bertz CT molecular complexity index is 2400. The van der Waals surface area contributed by atoms with Crippen molar-refractivity contribution in [3.63, 3.8) is 0 Å². The van der Waals surface area contributed by atoms with Crippen LogP contribution in [0.25, 0.3) is 39.5 Å². The van der Waals surface area contributed by atoms with Crippen molar-refractivity contribution >= 4 is 34.9 Å². The molecular weight excluding hydrogens is 712 g/mol. The lowest BCUT2D eigenvalue weighted by Crippen LogP contribution is -2.05. The predicted molar refractivity (Wildman–Crippen MR) is 216 cm³/mol. The monoisotopic (exact) mass is 752 g/mol. The van der Waals surface area contributed by atoms with Gasteiger partial charge in [0.15, 0.2) is 24.0 Å². The largest absolute Gasteiger partial charge is 0.488 e. The van der Waals surface area contributed by atoms with Crippen LogP contribution in [0.5, 0.6) is 5.75 Å². The van der Waals surface area contributed by atoms with Crippen LogP contribution in [-0.2, 0) is 28.9 Å². The van der Waals surface area contributed by atoms with Gasteiger partial charge in [-0.25, -0.2) is 15.0 Å². The fraction of sp³-hybridized carbons (Fsp3) is 0.182. The molecule has 7 aromatic rings. The maximum Gasteiger partial charge on any atom is 0.187 e. The highest BCUT2D eigenvalue weighted by atomic mass is 35.5. The molecular formula is C44H41ClN6O4. The number of carbonyl (C=O) groups is 1. The number of imidazole rings is 1. The summed E-state index contributed by atoms with van der Waals surface area (Å²) in [4.78, 5) is 25.3. The van der Waals surface area contributed by atoms with Crippen molar-refractivity contribution in [2.75, 3.05) is 26.0 Å². The lowest BCUT2D eigenvalue weighted by molar-refractivity contribution is -0.0458. The summed E-state index contributed by atoms with van der Waals surface area (Å²) in [6, 6.07) is 37.9. The van der Waals surface area contributed by atoms with Gasteiger partial charge in [0.2, 0.25) is 0 Å². The molecule has 1 fully saturated rings. The molecule has 1 aliphatic carbocycles. The zero-order valence-electron chi connectivity index (χ0n) is 30.4. The highest BCUT2D eigenvalue weighted by Crippen LogP contribution is 2.36. The second-order valence-electron chi connectivity index (χ2n) is 12.8. The number of pyridine rings is 2. The van der Waals surface area contributed by atoms with Gasteiger partial charge in [-0.1, -0.05) is 78.3 Å². The molecule has 9 rings (SSSR count). The van der Waals surface area contributed by atoms with Crippen molar-refractivity contribution in [3.8, 4) is 34.1 Å². The predicted octanol–water partition coefficient (Wildman–Crippen LogP) is 8.57. The summed E-state index contributed by atoms with van der Waals surface area (Å²) >= 11 is 6.10. The number of ether oxygens (including phenoxy) is 3. The van der Waals surface area contributed by atoms with Crippen LogP contribution in [0, 0.1) is 0 Å². The molecule has 0 radical (unpaired) electrons. The van der Waals surface area contributed by atoms with Crippen LogP contribution < -0.4 is 16.2 Å². The molecule has 278 valence electrons. The summed E-state index contributed by atoms with van der Waals surface area (Å²) in [5.74, 6) is 1.78. The van der Waals surface area contributed by atoms with E-state index in [9.17, 15) is 4.79 Å². The van der Waals surface area contributed by atoms with Gasteiger partial charge in [0.05, 0.1) is 35.1 Å². The van der Waals surface area contributed by atoms with Crippen molar-refractivity contribution in [2.24, 2.45) is 5.73 Å². The van der Waals surface area contributed by atoms with Crippen molar-refractivity contribution in [3.05, 3.63) is 154 Å². The Morgan fingerprint density at radius 1 is 0.855 bits per heavy atom. The SMILES string of the molecule is CN.Nc1ncccc1-c1nc2ccc(-c3ccccc3)nc2n1-c1ccc2c(c1)CCC2.O=Cc1cc(C2OCCO2)c(OCc2ccccc2)cc1Cl. The smallest absolute Gasteiger partial charge is 0.187 e. The Hall–Kier alpha value is -5.91. The first-order valence-electron chi connectivity index (χ1n) is 18.1. The highest BCUT2D eigenvalue weighted by molar-refractivity contribution is 6.33. The van der Waals surface area contributed by atoms with Crippen molar-refractivity contribution in [1.29, 1.82) is 0 Å². The molecule has 10 nitrogen and oxygen atoms in total. The van der Waals surface area contributed by atoms with Crippen LogP contribution >= 0.6 is 11.6 Å². The van der Waals surface area contributed by atoms with E-state index in [-0.39, 0.29) is 0 Å². The first kappa shape index (κ1) is 37.4.